The Morgan fingerprint density at radius 1 is 1.32 bits per heavy atom. The van der Waals surface area contributed by atoms with Gasteiger partial charge < -0.3 is 4.98 Å². The van der Waals surface area contributed by atoms with Crippen LogP contribution in [-0.4, -0.2) is 30.2 Å². The average Bonchev–Trinajstić information content (AvgIpc) is 3.30. The number of nitrogens with zero attached hydrogens (tertiary/aromatic N) is 5. The summed E-state index contributed by atoms with van der Waals surface area (Å²) in [6.07, 6.45) is 3.16. The highest BCUT2D eigenvalue weighted by molar-refractivity contribution is 7.98. The van der Waals surface area contributed by atoms with E-state index in [-0.39, 0.29) is 5.56 Å². The van der Waals surface area contributed by atoms with Gasteiger partial charge in [-0.15, -0.1) is 16.4 Å². The van der Waals surface area contributed by atoms with Gasteiger partial charge in [-0.05, 0) is 53.3 Å². The number of tetrazole rings is 1. The van der Waals surface area contributed by atoms with E-state index in [0.29, 0.717) is 22.7 Å². The van der Waals surface area contributed by atoms with Gasteiger partial charge in [0.15, 0.2) is 0 Å². The first-order valence-corrected chi connectivity index (χ1v) is 11.0. The van der Waals surface area contributed by atoms with Gasteiger partial charge in [-0.2, -0.15) is 4.68 Å². The van der Waals surface area contributed by atoms with Crippen LogP contribution in [0.2, 0.25) is 0 Å². The molecular weight excluding hydrogens is 392 g/mol. The van der Waals surface area contributed by atoms with E-state index in [2.05, 4.69) is 27.4 Å². The van der Waals surface area contributed by atoms with Gasteiger partial charge in [-0.3, -0.25) is 4.79 Å². The summed E-state index contributed by atoms with van der Waals surface area (Å²) in [6.45, 7) is 2.27. The number of hydrogen-bond donors (Lipinski definition) is 1. The molecule has 1 atom stereocenters. The summed E-state index contributed by atoms with van der Waals surface area (Å²) >= 11 is 3.12. The lowest BCUT2D eigenvalue weighted by Crippen LogP contribution is -2.14. The Balaban J connectivity index is 1.43. The molecule has 3 heterocycles. The highest BCUT2D eigenvalue weighted by Gasteiger charge is 2.23. The second kappa shape index (κ2) is 7.14. The number of aromatic amines is 1. The lowest BCUT2D eigenvalue weighted by Gasteiger charge is -2.17. The van der Waals surface area contributed by atoms with E-state index in [1.165, 1.54) is 22.2 Å². The van der Waals surface area contributed by atoms with Gasteiger partial charge in [0.1, 0.15) is 10.7 Å². The Labute approximate surface area is 169 Å². The van der Waals surface area contributed by atoms with Crippen molar-refractivity contribution in [2.75, 3.05) is 0 Å². The fourth-order valence-corrected chi connectivity index (χ4v) is 5.76. The van der Waals surface area contributed by atoms with Gasteiger partial charge in [-0.25, -0.2) is 4.98 Å². The van der Waals surface area contributed by atoms with Crippen molar-refractivity contribution >= 4 is 33.3 Å². The molecule has 0 bridgehead atoms. The zero-order valence-corrected chi connectivity index (χ0v) is 16.9. The predicted octanol–water partition coefficient (Wildman–Crippen LogP) is 3.38. The van der Waals surface area contributed by atoms with Crippen LogP contribution < -0.4 is 5.56 Å². The second-order valence-corrected chi connectivity index (χ2v) is 9.07. The van der Waals surface area contributed by atoms with Crippen molar-refractivity contribution < 1.29 is 0 Å². The number of fused-ring (bicyclic) bond motifs is 3. The molecular formula is C19H18N6OS2. The fourth-order valence-electron chi connectivity index (χ4n) is 3.59. The van der Waals surface area contributed by atoms with E-state index < -0.39 is 0 Å². The van der Waals surface area contributed by atoms with Crippen molar-refractivity contribution in [2.24, 2.45) is 5.92 Å². The zero-order valence-electron chi connectivity index (χ0n) is 15.3. The average molecular weight is 411 g/mol. The van der Waals surface area contributed by atoms with Gasteiger partial charge in [0.05, 0.1) is 16.8 Å². The third kappa shape index (κ3) is 3.14. The summed E-state index contributed by atoms with van der Waals surface area (Å²) in [4.78, 5) is 22.6. The molecule has 142 valence electrons. The Morgan fingerprint density at radius 3 is 3.04 bits per heavy atom. The highest BCUT2D eigenvalue weighted by atomic mass is 32.2. The number of nitrogens with one attached hydrogen (secondary N) is 1. The largest absolute Gasteiger partial charge is 0.309 e. The Hall–Kier alpha value is -2.52. The van der Waals surface area contributed by atoms with Crippen LogP contribution in [0.5, 0.6) is 0 Å². The first-order chi connectivity index (χ1) is 13.7. The lowest BCUT2D eigenvalue weighted by atomic mass is 9.89. The van der Waals surface area contributed by atoms with Crippen molar-refractivity contribution in [2.45, 2.75) is 37.1 Å². The summed E-state index contributed by atoms with van der Waals surface area (Å²) in [6, 6.07) is 9.73. The van der Waals surface area contributed by atoms with Gasteiger partial charge in [0.25, 0.3) is 5.56 Å². The number of benzene rings is 1. The molecule has 0 radical (unpaired) electrons. The van der Waals surface area contributed by atoms with E-state index in [4.69, 9.17) is 4.98 Å². The maximum absolute atomic E-state index is 12.7. The molecule has 1 aliphatic rings. The molecule has 0 amide bonds. The number of H-pyrrole nitrogens is 1. The van der Waals surface area contributed by atoms with Gasteiger partial charge in [-0.1, -0.05) is 36.9 Å². The van der Waals surface area contributed by atoms with Crippen molar-refractivity contribution in [1.29, 1.82) is 0 Å². The molecule has 5 rings (SSSR count). The minimum atomic E-state index is -0.0321. The third-order valence-electron chi connectivity index (χ3n) is 4.99. The minimum Gasteiger partial charge on any atom is -0.309 e. The van der Waals surface area contributed by atoms with Crippen LogP contribution in [0.3, 0.4) is 0 Å². The van der Waals surface area contributed by atoms with Gasteiger partial charge >= 0.3 is 0 Å². The monoisotopic (exact) mass is 410 g/mol. The first kappa shape index (κ1) is 17.6. The minimum absolute atomic E-state index is 0.0321. The molecule has 0 unspecified atom stereocenters. The molecule has 1 aliphatic carbocycles. The van der Waals surface area contributed by atoms with Crippen LogP contribution in [0.15, 0.2) is 40.3 Å². The molecule has 3 aromatic heterocycles. The van der Waals surface area contributed by atoms with Crippen molar-refractivity contribution in [1.82, 2.24) is 30.2 Å². The summed E-state index contributed by atoms with van der Waals surface area (Å²) < 4.78 is 1.69. The summed E-state index contributed by atoms with van der Waals surface area (Å²) in [5, 5.41) is 13.4. The Bertz CT molecular complexity index is 1200. The van der Waals surface area contributed by atoms with E-state index in [1.807, 2.05) is 30.3 Å². The van der Waals surface area contributed by atoms with Gasteiger partial charge in [0.2, 0.25) is 5.16 Å². The first-order valence-electron chi connectivity index (χ1n) is 9.19. The smallest absolute Gasteiger partial charge is 0.259 e. The van der Waals surface area contributed by atoms with Crippen molar-refractivity contribution in [3.05, 3.63) is 57.0 Å². The van der Waals surface area contributed by atoms with Crippen molar-refractivity contribution in [3.63, 3.8) is 0 Å². The molecule has 1 N–H and O–H groups in total. The molecule has 7 nitrogen and oxygen atoms in total. The summed E-state index contributed by atoms with van der Waals surface area (Å²) in [5.41, 5.74) is 2.07. The maximum atomic E-state index is 12.7. The van der Waals surface area contributed by atoms with E-state index >= 15 is 0 Å². The number of hydrogen-bond acceptors (Lipinski definition) is 7. The zero-order chi connectivity index (χ0) is 19.1. The number of thiophene rings is 1. The molecule has 9 heteroatoms. The normalized spacial score (nSPS) is 16.4. The van der Waals surface area contributed by atoms with Crippen LogP contribution in [0.1, 0.15) is 29.6 Å². The van der Waals surface area contributed by atoms with E-state index in [1.54, 1.807) is 16.0 Å². The van der Waals surface area contributed by atoms with Gasteiger partial charge in [0, 0.05) is 4.88 Å². The summed E-state index contributed by atoms with van der Waals surface area (Å²) in [7, 11) is 0. The fraction of sp³-hybridized carbons (Fsp3) is 0.316. The lowest BCUT2D eigenvalue weighted by molar-refractivity contribution is 0.509. The molecule has 0 saturated heterocycles. The Morgan fingerprint density at radius 2 is 2.18 bits per heavy atom. The summed E-state index contributed by atoms with van der Waals surface area (Å²) in [5.74, 6) is 1.82. The van der Waals surface area contributed by atoms with Crippen LogP contribution in [0.25, 0.3) is 15.9 Å². The number of aryl methyl sites for hydroxylation is 1. The quantitative estimate of drug-likeness (QED) is 0.519. The maximum Gasteiger partial charge on any atom is 0.259 e. The number of thioether (sulfide) groups is 1. The molecule has 0 spiro atoms. The van der Waals surface area contributed by atoms with Crippen LogP contribution in [0, 0.1) is 5.92 Å². The third-order valence-corrected chi connectivity index (χ3v) is 7.07. The highest BCUT2D eigenvalue weighted by Crippen LogP contribution is 2.35. The number of rotatable bonds is 4. The van der Waals surface area contributed by atoms with Crippen LogP contribution in [-0.2, 0) is 18.6 Å². The van der Waals surface area contributed by atoms with Crippen molar-refractivity contribution in [3.8, 4) is 5.69 Å². The predicted molar refractivity (Wildman–Crippen MR) is 110 cm³/mol. The molecule has 0 fully saturated rings. The topological polar surface area (TPSA) is 89.3 Å². The van der Waals surface area contributed by atoms with Crippen LogP contribution in [0.4, 0.5) is 0 Å². The molecule has 28 heavy (non-hydrogen) atoms. The van der Waals surface area contributed by atoms with E-state index in [0.717, 1.165) is 35.2 Å². The second-order valence-electron chi connectivity index (χ2n) is 7.04. The SMILES string of the molecule is C[C@@H]1CCc2c(sc3nc(CSc4nnnn4-c4ccccc4)[nH]c(=O)c23)C1. The molecule has 0 saturated carbocycles. The molecule has 0 aliphatic heterocycles. The number of para-hydroxylation sites is 1. The Kier molecular flexibility index (Phi) is 4.48. The van der Waals surface area contributed by atoms with E-state index in [9.17, 15) is 4.79 Å². The number of aromatic nitrogens is 6. The standard InChI is InChI=1S/C19H18N6OS2/c1-11-7-8-13-14(9-11)28-18-16(13)17(26)20-15(21-18)10-27-19-22-23-24-25(19)12-5-3-2-4-6-12/h2-6,11H,7-10H2,1H3,(H,20,21,26)/t11-/m1/s1. The van der Waals surface area contributed by atoms with Crippen LogP contribution >= 0.6 is 23.1 Å². The molecule has 1 aromatic carbocycles. The molecule has 4 aromatic rings.